The van der Waals surface area contributed by atoms with Crippen LogP contribution in [-0.4, -0.2) is 40.7 Å². The Kier molecular flexibility index (Phi) is 11.9. The van der Waals surface area contributed by atoms with Crippen LogP contribution in [0.15, 0.2) is 0 Å². The minimum atomic E-state index is -4.37. The second kappa shape index (κ2) is 12.1. The van der Waals surface area contributed by atoms with Crippen LogP contribution in [0.25, 0.3) is 0 Å². The van der Waals surface area contributed by atoms with Crippen molar-refractivity contribution < 1.29 is 33.5 Å². The van der Waals surface area contributed by atoms with E-state index in [1.54, 1.807) is 0 Å². The Bertz CT molecular complexity index is 443. The van der Waals surface area contributed by atoms with Gasteiger partial charge in [-0.3, -0.25) is 9.32 Å². The molecule has 0 rings (SSSR count). The third kappa shape index (κ3) is 17.0. The standard InChI is InChI=1S/C18H37O7P/c1-17(2,11-14-25-26(21,22)23)9-5-7-12-24-13-8-6-10-18(3,4)15-16(19)20/h5-15H2,1-4H3,(H,19,20)(H2,21,22,23). The van der Waals surface area contributed by atoms with E-state index in [4.69, 9.17) is 19.6 Å². The molecule has 0 saturated carbocycles. The maximum absolute atomic E-state index is 10.8. The number of rotatable bonds is 16. The number of hydrogen-bond donors (Lipinski definition) is 3. The molecule has 156 valence electrons. The summed E-state index contributed by atoms with van der Waals surface area (Å²) < 4.78 is 20.8. The van der Waals surface area contributed by atoms with Gasteiger partial charge in [0, 0.05) is 13.2 Å². The van der Waals surface area contributed by atoms with Crippen LogP contribution >= 0.6 is 7.82 Å². The number of carboxylic acid groups (broad SMARTS) is 1. The fraction of sp³-hybridized carbons (Fsp3) is 0.944. The van der Waals surface area contributed by atoms with E-state index in [1.807, 2.05) is 13.8 Å². The zero-order valence-electron chi connectivity index (χ0n) is 16.7. The molecule has 0 radical (unpaired) electrons. The van der Waals surface area contributed by atoms with Crippen LogP contribution in [0.1, 0.15) is 79.1 Å². The summed E-state index contributed by atoms with van der Waals surface area (Å²) >= 11 is 0. The first kappa shape index (κ1) is 25.5. The number of ether oxygens (including phenoxy) is 1. The minimum absolute atomic E-state index is 0.0229. The van der Waals surface area contributed by atoms with Crippen molar-refractivity contribution in [3.05, 3.63) is 0 Å². The molecule has 8 heteroatoms. The molecule has 3 N–H and O–H groups in total. The molecule has 0 fully saturated rings. The molecule has 0 amide bonds. The number of aliphatic carboxylic acids is 1. The predicted molar refractivity (Wildman–Crippen MR) is 101 cm³/mol. The van der Waals surface area contributed by atoms with Gasteiger partial charge in [0.25, 0.3) is 0 Å². The zero-order chi connectivity index (χ0) is 20.3. The van der Waals surface area contributed by atoms with Gasteiger partial charge in [0.05, 0.1) is 13.0 Å². The molecule has 0 aliphatic rings. The van der Waals surface area contributed by atoms with Gasteiger partial charge in [-0.05, 0) is 42.9 Å². The van der Waals surface area contributed by atoms with E-state index in [2.05, 4.69) is 18.4 Å². The van der Waals surface area contributed by atoms with Gasteiger partial charge in [-0.15, -0.1) is 0 Å². The number of phosphoric ester groups is 1. The number of hydrogen-bond acceptors (Lipinski definition) is 4. The summed E-state index contributed by atoms with van der Waals surface area (Å²) in [7, 11) is -4.37. The van der Waals surface area contributed by atoms with E-state index in [1.165, 1.54) is 0 Å². The van der Waals surface area contributed by atoms with Crippen molar-refractivity contribution >= 4 is 13.8 Å². The molecule has 0 saturated heterocycles. The Balaban J connectivity index is 3.60. The van der Waals surface area contributed by atoms with E-state index < -0.39 is 13.8 Å². The minimum Gasteiger partial charge on any atom is -0.481 e. The van der Waals surface area contributed by atoms with Gasteiger partial charge in [-0.2, -0.15) is 0 Å². The summed E-state index contributed by atoms with van der Waals surface area (Å²) in [5.74, 6) is -0.748. The molecule has 0 bridgehead atoms. The van der Waals surface area contributed by atoms with E-state index in [9.17, 15) is 9.36 Å². The molecule has 0 aromatic carbocycles. The second-order valence-corrected chi connectivity index (χ2v) is 9.74. The summed E-state index contributed by atoms with van der Waals surface area (Å²) in [5.41, 5.74) is -0.189. The number of carboxylic acids is 1. The molecule has 0 aromatic rings. The first-order valence-corrected chi connectivity index (χ1v) is 10.9. The van der Waals surface area contributed by atoms with E-state index in [0.717, 1.165) is 38.5 Å². The van der Waals surface area contributed by atoms with Crippen molar-refractivity contribution in [1.29, 1.82) is 0 Å². The Hall–Kier alpha value is -0.460. The van der Waals surface area contributed by atoms with Gasteiger partial charge in [-0.1, -0.05) is 40.5 Å². The lowest BCUT2D eigenvalue weighted by atomic mass is 9.84. The van der Waals surface area contributed by atoms with Crippen molar-refractivity contribution in [3.8, 4) is 0 Å². The highest BCUT2D eigenvalue weighted by Crippen LogP contribution is 2.37. The van der Waals surface area contributed by atoms with Gasteiger partial charge in [-0.25, -0.2) is 4.57 Å². The van der Waals surface area contributed by atoms with Gasteiger partial charge in [0.15, 0.2) is 0 Å². The van der Waals surface area contributed by atoms with E-state index >= 15 is 0 Å². The SMILES string of the molecule is CC(C)(CCCCOCCCCC(C)(C)CC(=O)O)CCOP(=O)(O)O. The lowest BCUT2D eigenvalue weighted by molar-refractivity contribution is -0.139. The molecule has 0 aliphatic heterocycles. The highest BCUT2D eigenvalue weighted by Gasteiger charge is 2.21. The largest absolute Gasteiger partial charge is 0.481 e. The van der Waals surface area contributed by atoms with Crippen molar-refractivity contribution in [3.63, 3.8) is 0 Å². The summed E-state index contributed by atoms with van der Waals surface area (Å²) in [6, 6.07) is 0. The predicted octanol–water partition coefficient (Wildman–Crippen LogP) is 4.37. The highest BCUT2D eigenvalue weighted by atomic mass is 31.2. The molecular formula is C18H37O7P. The van der Waals surface area contributed by atoms with Gasteiger partial charge in [0.2, 0.25) is 0 Å². The first-order valence-electron chi connectivity index (χ1n) is 9.33. The normalized spacial score (nSPS) is 13.2. The molecule has 7 nitrogen and oxygen atoms in total. The second-order valence-electron chi connectivity index (χ2n) is 8.50. The third-order valence-electron chi connectivity index (χ3n) is 4.45. The Labute approximate surface area is 157 Å². The van der Waals surface area contributed by atoms with Gasteiger partial charge < -0.3 is 19.6 Å². The van der Waals surface area contributed by atoms with Crippen LogP contribution in [0.3, 0.4) is 0 Å². The monoisotopic (exact) mass is 396 g/mol. The van der Waals surface area contributed by atoms with Crippen LogP contribution in [-0.2, 0) is 18.6 Å². The topological polar surface area (TPSA) is 113 Å². The van der Waals surface area contributed by atoms with Crippen molar-refractivity contribution in [1.82, 2.24) is 0 Å². The summed E-state index contributed by atoms with van der Waals surface area (Å²) in [4.78, 5) is 28.1. The molecule has 0 aliphatic carbocycles. The van der Waals surface area contributed by atoms with Crippen LogP contribution in [0.2, 0.25) is 0 Å². The highest BCUT2D eigenvalue weighted by molar-refractivity contribution is 7.46. The molecule has 0 spiro atoms. The molecular weight excluding hydrogens is 359 g/mol. The number of carbonyl (C=O) groups is 1. The summed E-state index contributed by atoms with van der Waals surface area (Å²) in [6.07, 6.45) is 6.48. The van der Waals surface area contributed by atoms with Crippen LogP contribution < -0.4 is 0 Å². The van der Waals surface area contributed by atoms with Crippen molar-refractivity contribution in [2.45, 2.75) is 79.1 Å². The Morgan fingerprint density at radius 1 is 0.846 bits per heavy atom. The summed E-state index contributed by atoms with van der Waals surface area (Å²) in [6.45, 7) is 9.55. The average molecular weight is 396 g/mol. The fourth-order valence-corrected chi connectivity index (χ4v) is 3.11. The van der Waals surface area contributed by atoms with Crippen LogP contribution in [0.4, 0.5) is 0 Å². The van der Waals surface area contributed by atoms with E-state index in [0.29, 0.717) is 19.6 Å². The molecule has 26 heavy (non-hydrogen) atoms. The fourth-order valence-electron chi connectivity index (χ4n) is 2.78. The lowest BCUT2D eigenvalue weighted by Crippen LogP contribution is -2.16. The number of unbranched alkanes of at least 4 members (excludes halogenated alkanes) is 2. The van der Waals surface area contributed by atoms with Crippen molar-refractivity contribution in [2.75, 3.05) is 19.8 Å². The smallest absolute Gasteiger partial charge is 0.469 e. The van der Waals surface area contributed by atoms with Gasteiger partial charge in [0.1, 0.15) is 0 Å². The third-order valence-corrected chi connectivity index (χ3v) is 4.97. The maximum Gasteiger partial charge on any atom is 0.469 e. The lowest BCUT2D eigenvalue weighted by Gasteiger charge is -2.24. The van der Waals surface area contributed by atoms with Crippen LogP contribution in [0, 0.1) is 10.8 Å². The summed E-state index contributed by atoms with van der Waals surface area (Å²) in [5, 5.41) is 8.85. The zero-order valence-corrected chi connectivity index (χ0v) is 17.6. The Morgan fingerprint density at radius 2 is 1.35 bits per heavy atom. The molecule has 0 heterocycles. The average Bonchev–Trinajstić information content (AvgIpc) is 2.42. The van der Waals surface area contributed by atoms with Crippen molar-refractivity contribution in [2.24, 2.45) is 10.8 Å². The molecule has 0 aromatic heterocycles. The first-order chi connectivity index (χ1) is 11.8. The molecule has 0 atom stereocenters. The van der Waals surface area contributed by atoms with Crippen LogP contribution in [0.5, 0.6) is 0 Å². The van der Waals surface area contributed by atoms with Gasteiger partial charge >= 0.3 is 13.8 Å². The number of phosphoric acid groups is 1. The maximum atomic E-state index is 10.8. The molecule has 0 unspecified atom stereocenters. The Morgan fingerprint density at radius 3 is 1.81 bits per heavy atom. The quantitative estimate of drug-likeness (QED) is 0.262. The van der Waals surface area contributed by atoms with E-state index in [-0.39, 0.29) is 23.9 Å².